The zero-order valence-electron chi connectivity index (χ0n) is 14.6. The summed E-state index contributed by atoms with van der Waals surface area (Å²) in [6.45, 7) is 5.15. The molecule has 0 heterocycles. The number of allylic oxidation sites excluding steroid dienone is 1. The summed E-state index contributed by atoms with van der Waals surface area (Å²) in [5.41, 5.74) is 1.01. The fourth-order valence-electron chi connectivity index (χ4n) is 2.45. The molecule has 0 aromatic heterocycles. The Hall–Kier alpha value is -2.18. The normalized spacial score (nSPS) is 14.2. The van der Waals surface area contributed by atoms with E-state index in [2.05, 4.69) is 17.2 Å². The van der Waals surface area contributed by atoms with Gasteiger partial charge in [-0.3, -0.25) is 9.59 Å². The Morgan fingerprint density at radius 1 is 1.28 bits per heavy atom. The van der Waals surface area contributed by atoms with Crippen LogP contribution in [0.2, 0.25) is 0 Å². The molecule has 25 heavy (non-hydrogen) atoms. The van der Waals surface area contributed by atoms with Gasteiger partial charge in [-0.05, 0) is 25.3 Å². The van der Waals surface area contributed by atoms with Gasteiger partial charge in [-0.1, -0.05) is 36.4 Å². The number of carbonyl (C=O) groups is 2. The molecule has 0 saturated heterocycles. The van der Waals surface area contributed by atoms with Crippen LogP contribution in [0.4, 0.5) is 0 Å². The van der Waals surface area contributed by atoms with Crippen LogP contribution in [0.25, 0.3) is 0 Å². The lowest BCUT2D eigenvalue weighted by Gasteiger charge is -2.19. The van der Waals surface area contributed by atoms with Crippen LogP contribution in [0.1, 0.15) is 25.3 Å². The molecule has 3 atom stereocenters. The standard InChI is InChI=1S/C19H28N2O4/c1-3-7-16(19(25)20-12-14(2)23)11-18(24)21-17(13-22)10-15-8-5-4-6-9-15/h3-6,8-9,14,16-17,22-23H,1,7,10-13H2,2H3,(H,20,25)(H,21,24)/t14-,16+,17-/m0/s1. The molecule has 0 aliphatic heterocycles. The Morgan fingerprint density at radius 3 is 2.52 bits per heavy atom. The maximum Gasteiger partial charge on any atom is 0.224 e. The molecule has 0 radical (unpaired) electrons. The van der Waals surface area contributed by atoms with Crippen LogP contribution in [0.15, 0.2) is 43.0 Å². The molecule has 1 aromatic rings. The Morgan fingerprint density at radius 2 is 1.96 bits per heavy atom. The van der Waals surface area contributed by atoms with Gasteiger partial charge in [-0.15, -0.1) is 6.58 Å². The van der Waals surface area contributed by atoms with Gasteiger partial charge in [0, 0.05) is 13.0 Å². The van der Waals surface area contributed by atoms with E-state index in [4.69, 9.17) is 0 Å². The number of carbonyl (C=O) groups excluding carboxylic acids is 2. The van der Waals surface area contributed by atoms with Gasteiger partial charge in [0.15, 0.2) is 0 Å². The molecule has 0 saturated carbocycles. The molecule has 4 N–H and O–H groups in total. The Kier molecular flexibility index (Phi) is 9.50. The Bertz CT molecular complexity index is 546. The summed E-state index contributed by atoms with van der Waals surface area (Å²) in [6, 6.07) is 9.16. The molecule has 1 rings (SSSR count). The first-order valence-electron chi connectivity index (χ1n) is 8.47. The van der Waals surface area contributed by atoms with Crippen molar-refractivity contribution < 1.29 is 19.8 Å². The smallest absolute Gasteiger partial charge is 0.224 e. The van der Waals surface area contributed by atoms with Crippen molar-refractivity contribution in [2.75, 3.05) is 13.2 Å². The number of nitrogens with one attached hydrogen (secondary N) is 2. The third-order valence-corrected chi connectivity index (χ3v) is 3.74. The van der Waals surface area contributed by atoms with Crippen LogP contribution in [0.3, 0.4) is 0 Å². The highest BCUT2D eigenvalue weighted by molar-refractivity contribution is 5.86. The van der Waals surface area contributed by atoms with Crippen molar-refractivity contribution in [3.05, 3.63) is 48.6 Å². The van der Waals surface area contributed by atoms with Crippen molar-refractivity contribution in [2.45, 2.75) is 38.3 Å². The molecular formula is C19H28N2O4. The fraction of sp³-hybridized carbons (Fsp3) is 0.474. The van der Waals surface area contributed by atoms with Crippen molar-refractivity contribution in [2.24, 2.45) is 5.92 Å². The second-order valence-electron chi connectivity index (χ2n) is 6.16. The predicted octanol–water partition coefficient (Wildman–Crippen LogP) is 0.786. The number of benzene rings is 1. The molecule has 0 aliphatic carbocycles. The van der Waals surface area contributed by atoms with Gasteiger partial charge < -0.3 is 20.8 Å². The van der Waals surface area contributed by atoms with E-state index in [0.29, 0.717) is 12.8 Å². The molecular weight excluding hydrogens is 320 g/mol. The zero-order chi connectivity index (χ0) is 18.7. The highest BCUT2D eigenvalue weighted by Gasteiger charge is 2.22. The van der Waals surface area contributed by atoms with E-state index in [1.165, 1.54) is 0 Å². The number of hydrogen-bond acceptors (Lipinski definition) is 4. The molecule has 2 amide bonds. The highest BCUT2D eigenvalue weighted by atomic mass is 16.3. The van der Waals surface area contributed by atoms with E-state index in [9.17, 15) is 19.8 Å². The van der Waals surface area contributed by atoms with Gasteiger partial charge in [0.05, 0.1) is 24.7 Å². The lowest BCUT2D eigenvalue weighted by molar-refractivity contribution is -0.130. The number of rotatable bonds is 11. The first kappa shape index (κ1) is 20.9. The lowest BCUT2D eigenvalue weighted by atomic mass is 9.99. The largest absolute Gasteiger partial charge is 0.394 e. The minimum atomic E-state index is -0.646. The molecule has 0 fully saturated rings. The number of hydrogen-bond donors (Lipinski definition) is 4. The van der Waals surface area contributed by atoms with E-state index < -0.39 is 18.1 Å². The van der Waals surface area contributed by atoms with E-state index in [-0.39, 0.29) is 31.4 Å². The van der Waals surface area contributed by atoms with Gasteiger partial charge >= 0.3 is 0 Å². The minimum absolute atomic E-state index is 0.00293. The predicted molar refractivity (Wildman–Crippen MR) is 96.8 cm³/mol. The van der Waals surface area contributed by atoms with Crippen LogP contribution < -0.4 is 10.6 Å². The fourth-order valence-corrected chi connectivity index (χ4v) is 2.45. The molecule has 138 valence electrons. The summed E-state index contributed by atoms with van der Waals surface area (Å²) in [7, 11) is 0. The van der Waals surface area contributed by atoms with Gasteiger partial charge in [-0.25, -0.2) is 0 Å². The summed E-state index contributed by atoms with van der Waals surface area (Å²) < 4.78 is 0. The lowest BCUT2D eigenvalue weighted by Crippen LogP contribution is -2.42. The van der Waals surface area contributed by atoms with Gasteiger partial charge in [-0.2, -0.15) is 0 Å². The third-order valence-electron chi connectivity index (χ3n) is 3.74. The number of aliphatic hydroxyl groups excluding tert-OH is 2. The Balaban J connectivity index is 2.56. The minimum Gasteiger partial charge on any atom is -0.394 e. The maximum absolute atomic E-state index is 12.2. The van der Waals surface area contributed by atoms with E-state index in [1.54, 1.807) is 13.0 Å². The molecule has 1 aromatic carbocycles. The van der Waals surface area contributed by atoms with Crippen LogP contribution >= 0.6 is 0 Å². The quantitative estimate of drug-likeness (QED) is 0.444. The zero-order valence-corrected chi connectivity index (χ0v) is 14.6. The number of aliphatic hydroxyl groups is 2. The summed E-state index contributed by atoms with van der Waals surface area (Å²) in [5.74, 6) is -1.14. The van der Waals surface area contributed by atoms with Gasteiger partial charge in [0.25, 0.3) is 0 Å². The molecule has 0 bridgehead atoms. The second kappa shape index (κ2) is 11.4. The summed E-state index contributed by atoms with van der Waals surface area (Å²) >= 11 is 0. The summed E-state index contributed by atoms with van der Waals surface area (Å²) in [4.78, 5) is 24.4. The monoisotopic (exact) mass is 348 g/mol. The van der Waals surface area contributed by atoms with Crippen LogP contribution in [0, 0.1) is 5.92 Å². The van der Waals surface area contributed by atoms with E-state index in [0.717, 1.165) is 5.56 Å². The third kappa shape index (κ3) is 8.47. The second-order valence-corrected chi connectivity index (χ2v) is 6.16. The summed E-state index contributed by atoms with van der Waals surface area (Å²) in [6.07, 6.45) is 1.83. The Labute approximate surface area is 148 Å². The van der Waals surface area contributed by atoms with E-state index >= 15 is 0 Å². The molecule has 6 heteroatoms. The van der Waals surface area contributed by atoms with Gasteiger partial charge in [0.1, 0.15) is 0 Å². The van der Waals surface area contributed by atoms with Crippen LogP contribution in [0.5, 0.6) is 0 Å². The average Bonchev–Trinajstić information content (AvgIpc) is 2.59. The van der Waals surface area contributed by atoms with E-state index in [1.807, 2.05) is 30.3 Å². The molecule has 6 nitrogen and oxygen atoms in total. The average molecular weight is 348 g/mol. The van der Waals surface area contributed by atoms with Gasteiger partial charge in [0.2, 0.25) is 11.8 Å². The molecule has 0 aliphatic rings. The molecule has 0 spiro atoms. The van der Waals surface area contributed by atoms with Crippen LogP contribution in [-0.4, -0.2) is 47.3 Å². The SMILES string of the molecule is C=CC[C@H](CC(=O)N[C@H](CO)Cc1ccccc1)C(=O)NC[C@H](C)O. The van der Waals surface area contributed by atoms with Crippen LogP contribution in [-0.2, 0) is 16.0 Å². The highest BCUT2D eigenvalue weighted by Crippen LogP contribution is 2.11. The maximum atomic E-state index is 12.2. The molecule has 0 unspecified atom stereocenters. The van der Waals surface area contributed by atoms with Crippen molar-refractivity contribution in [3.8, 4) is 0 Å². The first-order valence-corrected chi connectivity index (χ1v) is 8.47. The first-order chi connectivity index (χ1) is 12.0. The van der Waals surface area contributed by atoms with Crippen molar-refractivity contribution in [1.29, 1.82) is 0 Å². The van der Waals surface area contributed by atoms with Crippen molar-refractivity contribution >= 4 is 11.8 Å². The van der Waals surface area contributed by atoms with Crippen molar-refractivity contribution in [1.82, 2.24) is 10.6 Å². The van der Waals surface area contributed by atoms with Crippen molar-refractivity contribution in [3.63, 3.8) is 0 Å². The number of amides is 2. The topological polar surface area (TPSA) is 98.7 Å². The summed E-state index contributed by atoms with van der Waals surface area (Å²) in [5, 5.41) is 24.1.